The summed E-state index contributed by atoms with van der Waals surface area (Å²) in [5.74, 6) is 0. The van der Waals surface area contributed by atoms with Crippen LogP contribution in [0.25, 0.3) is 0 Å². The Balaban J connectivity index is 2.01. The molecule has 1 aliphatic heterocycles. The van der Waals surface area contributed by atoms with E-state index >= 15 is 0 Å². The van der Waals surface area contributed by atoms with Gasteiger partial charge in [0.2, 0.25) is 10.0 Å². The molecule has 0 amide bonds. The molecule has 29 heavy (non-hydrogen) atoms. The zero-order chi connectivity index (χ0) is 21.0. The van der Waals surface area contributed by atoms with Crippen LogP contribution in [0.3, 0.4) is 0 Å². The van der Waals surface area contributed by atoms with E-state index in [4.69, 9.17) is 4.74 Å². The Labute approximate surface area is 178 Å². The third-order valence-electron chi connectivity index (χ3n) is 4.77. The fraction of sp³-hybridized carbons (Fsp3) is 0.368. The van der Waals surface area contributed by atoms with E-state index in [-0.39, 0.29) is 29.7 Å². The van der Waals surface area contributed by atoms with E-state index in [0.717, 1.165) is 16.1 Å². The van der Waals surface area contributed by atoms with Crippen LogP contribution in [0, 0.1) is 10.1 Å². The highest BCUT2D eigenvalue weighted by atomic mass is 79.9. The van der Waals surface area contributed by atoms with Crippen molar-refractivity contribution >= 4 is 37.3 Å². The largest absolute Gasteiger partial charge is 0.379 e. The van der Waals surface area contributed by atoms with Crippen molar-refractivity contribution in [3.63, 3.8) is 0 Å². The second kappa shape index (κ2) is 9.21. The van der Waals surface area contributed by atoms with Crippen LogP contribution in [-0.2, 0) is 14.8 Å². The van der Waals surface area contributed by atoms with Gasteiger partial charge in [0.1, 0.15) is 4.90 Å². The zero-order valence-corrected chi connectivity index (χ0v) is 18.3. The van der Waals surface area contributed by atoms with Crippen LogP contribution in [-0.4, -0.2) is 43.9 Å². The van der Waals surface area contributed by atoms with E-state index in [1.54, 1.807) is 0 Å². The molecule has 0 radical (unpaired) electrons. The highest BCUT2D eigenvalue weighted by Gasteiger charge is 2.31. The maximum atomic E-state index is 13.2. The quantitative estimate of drug-likeness (QED) is 0.472. The summed E-state index contributed by atoms with van der Waals surface area (Å²) in [6.07, 6.45) is 0.704. The molecule has 1 heterocycles. The molecule has 156 valence electrons. The van der Waals surface area contributed by atoms with E-state index in [1.807, 2.05) is 31.2 Å². The standard InChI is InChI=1S/C19H22BrN3O5S/c1-2-17(14-3-5-15(20)6-4-14)21-18-8-7-16(23(24)25)13-19(18)29(26,27)22-9-11-28-12-10-22/h3-8,13,17,21H,2,9-12H2,1H3. The third-order valence-corrected chi connectivity index (χ3v) is 7.24. The Kier molecular flexibility index (Phi) is 6.89. The molecule has 2 aromatic rings. The van der Waals surface area contributed by atoms with Crippen LogP contribution >= 0.6 is 15.9 Å². The predicted octanol–water partition coefficient (Wildman–Crippen LogP) is 3.94. The number of hydrogen-bond donors (Lipinski definition) is 1. The Bertz CT molecular complexity index is 976. The molecular weight excluding hydrogens is 462 g/mol. The molecule has 1 aliphatic rings. The van der Waals surface area contributed by atoms with Crippen LogP contribution in [0.15, 0.2) is 51.8 Å². The third kappa shape index (κ3) is 4.95. The SMILES string of the molecule is CCC(Nc1ccc([N+](=O)[O-])cc1S(=O)(=O)N1CCOCC1)c1ccc(Br)cc1. The summed E-state index contributed by atoms with van der Waals surface area (Å²) in [6, 6.07) is 11.5. The lowest BCUT2D eigenvalue weighted by molar-refractivity contribution is -0.385. The van der Waals surface area contributed by atoms with E-state index in [0.29, 0.717) is 25.3 Å². The van der Waals surface area contributed by atoms with Crippen molar-refractivity contribution in [3.8, 4) is 0 Å². The van der Waals surface area contributed by atoms with E-state index in [9.17, 15) is 18.5 Å². The van der Waals surface area contributed by atoms with Gasteiger partial charge in [-0.3, -0.25) is 10.1 Å². The number of morpholine rings is 1. The average Bonchev–Trinajstić information content (AvgIpc) is 2.73. The first-order valence-electron chi connectivity index (χ1n) is 9.21. The van der Waals surface area contributed by atoms with Crippen LogP contribution in [0.1, 0.15) is 24.9 Å². The maximum Gasteiger partial charge on any atom is 0.270 e. The molecule has 3 rings (SSSR count). The van der Waals surface area contributed by atoms with Crippen LogP contribution in [0.2, 0.25) is 0 Å². The molecule has 10 heteroatoms. The number of rotatable bonds is 7. The molecule has 1 unspecified atom stereocenters. The summed E-state index contributed by atoms with van der Waals surface area (Å²) in [5, 5.41) is 14.5. The smallest absolute Gasteiger partial charge is 0.270 e. The summed E-state index contributed by atoms with van der Waals surface area (Å²) < 4.78 is 34.0. The number of nitro benzene ring substituents is 1. The minimum Gasteiger partial charge on any atom is -0.379 e. The van der Waals surface area contributed by atoms with Gasteiger partial charge in [0.25, 0.3) is 5.69 Å². The van der Waals surface area contributed by atoms with Gasteiger partial charge >= 0.3 is 0 Å². The minimum absolute atomic E-state index is 0.0934. The Morgan fingerprint density at radius 3 is 2.45 bits per heavy atom. The summed E-state index contributed by atoms with van der Waals surface area (Å²) in [6.45, 7) is 3.02. The molecule has 0 aromatic heterocycles. The molecule has 0 saturated carbocycles. The Morgan fingerprint density at radius 2 is 1.86 bits per heavy atom. The second-order valence-corrected chi connectivity index (χ2v) is 9.43. The number of nitrogens with zero attached hydrogens (tertiary/aromatic N) is 2. The first kappa shape index (κ1) is 21.7. The monoisotopic (exact) mass is 483 g/mol. The molecule has 0 aliphatic carbocycles. The number of ether oxygens (including phenoxy) is 1. The summed E-state index contributed by atoms with van der Waals surface area (Å²) in [5.41, 5.74) is 1.07. The van der Waals surface area contributed by atoms with Gasteiger partial charge in [0.05, 0.1) is 29.9 Å². The zero-order valence-electron chi connectivity index (χ0n) is 15.9. The second-order valence-electron chi connectivity index (χ2n) is 6.61. The number of sulfonamides is 1. The van der Waals surface area contributed by atoms with Crippen molar-refractivity contribution in [1.82, 2.24) is 4.31 Å². The van der Waals surface area contributed by atoms with Gasteiger partial charge < -0.3 is 10.1 Å². The predicted molar refractivity (Wildman–Crippen MR) is 113 cm³/mol. The molecule has 2 aromatic carbocycles. The number of non-ortho nitro benzene ring substituents is 1. The molecule has 1 N–H and O–H groups in total. The van der Waals surface area contributed by atoms with Crippen LogP contribution < -0.4 is 5.32 Å². The maximum absolute atomic E-state index is 13.2. The molecule has 1 atom stereocenters. The van der Waals surface area contributed by atoms with Gasteiger partial charge in [-0.15, -0.1) is 0 Å². The topological polar surface area (TPSA) is 102 Å². The van der Waals surface area contributed by atoms with E-state index in [2.05, 4.69) is 21.2 Å². The lowest BCUT2D eigenvalue weighted by Gasteiger charge is -2.28. The van der Waals surface area contributed by atoms with Crippen molar-refractivity contribution in [3.05, 3.63) is 62.6 Å². The van der Waals surface area contributed by atoms with Gasteiger partial charge in [-0.2, -0.15) is 4.31 Å². The van der Waals surface area contributed by atoms with Gasteiger partial charge in [0, 0.05) is 29.7 Å². The van der Waals surface area contributed by atoms with E-state index in [1.165, 1.54) is 16.4 Å². The van der Waals surface area contributed by atoms with Gasteiger partial charge in [-0.1, -0.05) is 35.0 Å². The number of nitrogens with one attached hydrogen (secondary N) is 1. The number of hydrogen-bond acceptors (Lipinski definition) is 6. The first-order valence-corrected chi connectivity index (χ1v) is 11.4. The van der Waals surface area contributed by atoms with Gasteiger partial charge in [0.15, 0.2) is 0 Å². The van der Waals surface area contributed by atoms with E-state index < -0.39 is 14.9 Å². The number of benzene rings is 2. The molecule has 1 saturated heterocycles. The number of nitro groups is 1. The lowest BCUT2D eigenvalue weighted by atomic mass is 10.0. The van der Waals surface area contributed by atoms with Crippen molar-refractivity contribution in [2.45, 2.75) is 24.3 Å². The van der Waals surface area contributed by atoms with Gasteiger partial charge in [-0.05, 0) is 30.2 Å². The van der Waals surface area contributed by atoms with Crippen LogP contribution in [0.5, 0.6) is 0 Å². The average molecular weight is 484 g/mol. The first-order chi connectivity index (χ1) is 13.8. The normalized spacial score (nSPS) is 16.3. The molecule has 0 spiro atoms. The Morgan fingerprint density at radius 1 is 1.21 bits per heavy atom. The summed E-state index contributed by atoms with van der Waals surface area (Å²) >= 11 is 3.41. The highest BCUT2D eigenvalue weighted by Crippen LogP contribution is 2.33. The van der Waals surface area contributed by atoms with Crippen molar-refractivity contribution in [2.24, 2.45) is 0 Å². The van der Waals surface area contributed by atoms with Crippen molar-refractivity contribution < 1.29 is 18.1 Å². The Hall–Kier alpha value is -2.01. The lowest BCUT2D eigenvalue weighted by Crippen LogP contribution is -2.40. The molecular formula is C19H22BrN3O5S. The van der Waals surface area contributed by atoms with Crippen molar-refractivity contribution in [2.75, 3.05) is 31.6 Å². The summed E-state index contributed by atoms with van der Waals surface area (Å²) in [7, 11) is -3.91. The molecule has 8 nitrogen and oxygen atoms in total. The molecule has 1 fully saturated rings. The minimum atomic E-state index is -3.91. The fourth-order valence-corrected chi connectivity index (χ4v) is 5.03. The summed E-state index contributed by atoms with van der Waals surface area (Å²) in [4.78, 5) is 10.6. The highest BCUT2D eigenvalue weighted by molar-refractivity contribution is 9.10. The van der Waals surface area contributed by atoms with Crippen LogP contribution in [0.4, 0.5) is 11.4 Å². The number of anilines is 1. The van der Waals surface area contributed by atoms with Gasteiger partial charge in [-0.25, -0.2) is 8.42 Å². The fourth-order valence-electron chi connectivity index (χ4n) is 3.19. The number of halogens is 1. The van der Waals surface area contributed by atoms with Crippen molar-refractivity contribution in [1.29, 1.82) is 0 Å². The molecule has 0 bridgehead atoms.